The quantitative estimate of drug-likeness (QED) is 0.792. The lowest BCUT2D eigenvalue weighted by Crippen LogP contribution is -2.43. The van der Waals surface area contributed by atoms with Gasteiger partial charge in [-0.15, -0.1) is 0 Å². The van der Waals surface area contributed by atoms with Gasteiger partial charge < -0.3 is 10.6 Å². The first-order valence-corrected chi connectivity index (χ1v) is 5.72. The Kier molecular flexibility index (Phi) is 3.51. The molecule has 0 saturated carbocycles. The Morgan fingerprint density at radius 2 is 2.44 bits per heavy atom. The number of carbonyl (C=O) groups excluding carboxylic acids is 1. The van der Waals surface area contributed by atoms with E-state index in [1.807, 2.05) is 19.1 Å². The molecule has 86 valence electrons. The molecule has 1 amide bonds. The molecule has 16 heavy (non-hydrogen) atoms. The van der Waals surface area contributed by atoms with Crippen molar-refractivity contribution in [2.45, 2.75) is 32.2 Å². The van der Waals surface area contributed by atoms with Crippen LogP contribution in [-0.4, -0.2) is 23.5 Å². The van der Waals surface area contributed by atoms with Crippen molar-refractivity contribution in [3.05, 3.63) is 24.0 Å². The zero-order valence-electron chi connectivity index (χ0n) is 9.49. The second-order valence-corrected chi connectivity index (χ2v) is 4.18. The smallest absolute Gasteiger partial charge is 0.241 e. The number of piperidine rings is 1. The van der Waals surface area contributed by atoms with Crippen LogP contribution in [0.15, 0.2) is 18.3 Å². The van der Waals surface area contributed by atoms with Crippen molar-refractivity contribution in [1.29, 1.82) is 0 Å². The molecule has 1 aliphatic rings. The number of amides is 1. The second-order valence-electron chi connectivity index (χ2n) is 4.18. The normalized spacial score (nSPS) is 20.4. The predicted octanol–water partition coefficient (Wildman–Crippen LogP) is 1.47. The van der Waals surface area contributed by atoms with Crippen LogP contribution in [0.5, 0.6) is 0 Å². The van der Waals surface area contributed by atoms with Crippen LogP contribution in [0.1, 0.15) is 25.0 Å². The molecule has 1 aliphatic heterocycles. The molecule has 1 atom stereocenters. The SMILES string of the molecule is Cc1cc(NC(=O)C2CCCCN2)ccn1. The average Bonchev–Trinajstić information content (AvgIpc) is 2.30. The number of pyridine rings is 1. The van der Waals surface area contributed by atoms with Crippen molar-refractivity contribution in [2.24, 2.45) is 0 Å². The fraction of sp³-hybridized carbons (Fsp3) is 0.500. The number of aryl methyl sites for hydroxylation is 1. The topological polar surface area (TPSA) is 54.0 Å². The van der Waals surface area contributed by atoms with Crippen LogP contribution in [0.4, 0.5) is 5.69 Å². The number of rotatable bonds is 2. The third-order valence-corrected chi connectivity index (χ3v) is 2.79. The van der Waals surface area contributed by atoms with Gasteiger partial charge in [0.1, 0.15) is 0 Å². The largest absolute Gasteiger partial charge is 0.325 e. The number of anilines is 1. The number of hydrogen-bond donors (Lipinski definition) is 2. The molecule has 1 aromatic heterocycles. The van der Waals surface area contributed by atoms with E-state index in [9.17, 15) is 4.79 Å². The standard InChI is InChI=1S/C12H17N3O/c1-9-8-10(5-7-13-9)15-12(16)11-4-2-3-6-14-11/h5,7-8,11,14H,2-4,6H2,1H3,(H,13,15,16). The van der Waals surface area contributed by atoms with Crippen LogP contribution in [0.2, 0.25) is 0 Å². The van der Waals surface area contributed by atoms with Crippen LogP contribution in [-0.2, 0) is 4.79 Å². The zero-order chi connectivity index (χ0) is 11.4. The van der Waals surface area contributed by atoms with Gasteiger partial charge in [-0.1, -0.05) is 6.42 Å². The summed E-state index contributed by atoms with van der Waals surface area (Å²) in [5, 5.41) is 6.14. The first kappa shape index (κ1) is 11.1. The van der Waals surface area contributed by atoms with E-state index in [0.717, 1.165) is 37.2 Å². The molecule has 0 aliphatic carbocycles. The van der Waals surface area contributed by atoms with Gasteiger partial charge in [0.25, 0.3) is 0 Å². The summed E-state index contributed by atoms with van der Waals surface area (Å²) in [6, 6.07) is 3.65. The highest BCUT2D eigenvalue weighted by Gasteiger charge is 2.20. The first-order valence-electron chi connectivity index (χ1n) is 5.72. The zero-order valence-corrected chi connectivity index (χ0v) is 9.49. The molecule has 1 fully saturated rings. The summed E-state index contributed by atoms with van der Waals surface area (Å²) in [5.41, 5.74) is 1.74. The van der Waals surface area contributed by atoms with Crippen molar-refractivity contribution in [1.82, 2.24) is 10.3 Å². The summed E-state index contributed by atoms with van der Waals surface area (Å²) in [4.78, 5) is 16.0. The fourth-order valence-electron chi connectivity index (χ4n) is 1.93. The minimum absolute atomic E-state index is 0.0396. The molecule has 0 spiro atoms. The van der Waals surface area contributed by atoms with Crippen LogP contribution in [0, 0.1) is 6.92 Å². The monoisotopic (exact) mass is 219 g/mol. The van der Waals surface area contributed by atoms with Crippen LogP contribution >= 0.6 is 0 Å². The summed E-state index contributed by atoms with van der Waals surface area (Å²) >= 11 is 0. The Bertz CT molecular complexity index is 372. The highest BCUT2D eigenvalue weighted by molar-refractivity contribution is 5.94. The molecule has 0 radical (unpaired) electrons. The highest BCUT2D eigenvalue weighted by Crippen LogP contribution is 2.11. The van der Waals surface area contributed by atoms with Gasteiger partial charge >= 0.3 is 0 Å². The van der Waals surface area contributed by atoms with Gasteiger partial charge in [0.05, 0.1) is 6.04 Å². The van der Waals surface area contributed by atoms with E-state index in [4.69, 9.17) is 0 Å². The predicted molar refractivity (Wildman–Crippen MR) is 63.2 cm³/mol. The molecule has 0 bridgehead atoms. The molecule has 1 saturated heterocycles. The average molecular weight is 219 g/mol. The van der Waals surface area contributed by atoms with E-state index in [1.54, 1.807) is 6.20 Å². The molecule has 2 heterocycles. The van der Waals surface area contributed by atoms with Gasteiger partial charge in [0.15, 0.2) is 0 Å². The van der Waals surface area contributed by atoms with Crippen molar-refractivity contribution < 1.29 is 4.79 Å². The molecule has 4 nitrogen and oxygen atoms in total. The van der Waals surface area contributed by atoms with Gasteiger partial charge in [-0.05, 0) is 38.4 Å². The molecule has 0 aromatic carbocycles. The molecule has 1 unspecified atom stereocenters. The van der Waals surface area contributed by atoms with Gasteiger partial charge in [-0.3, -0.25) is 9.78 Å². The number of hydrogen-bond acceptors (Lipinski definition) is 3. The van der Waals surface area contributed by atoms with Gasteiger partial charge in [-0.2, -0.15) is 0 Å². The lowest BCUT2D eigenvalue weighted by molar-refractivity contribution is -0.118. The summed E-state index contributed by atoms with van der Waals surface area (Å²) in [7, 11) is 0. The number of carbonyl (C=O) groups is 1. The summed E-state index contributed by atoms with van der Waals surface area (Å²) < 4.78 is 0. The van der Waals surface area contributed by atoms with Crippen molar-refractivity contribution in [2.75, 3.05) is 11.9 Å². The fourth-order valence-corrected chi connectivity index (χ4v) is 1.93. The van der Waals surface area contributed by atoms with E-state index in [2.05, 4.69) is 15.6 Å². The summed E-state index contributed by atoms with van der Waals surface area (Å²) in [6.07, 6.45) is 4.92. The minimum atomic E-state index is -0.0396. The Morgan fingerprint density at radius 1 is 1.56 bits per heavy atom. The molecule has 1 aromatic rings. The third kappa shape index (κ3) is 2.79. The van der Waals surface area contributed by atoms with Crippen LogP contribution < -0.4 is 10.6 Å². The van der Waals surface area contributed by atoms with Crippen molar-refractivity contribution >= 4 is 11.6 Å². The van der Waals surface area contributed by atoms with E-state index < -0.39 is 0 Å². The second kappa shape index (κ2) is 5.07. The van der Waals surface area contributed by atoms with E-state index in [1.165, 1.54) is 0 Å². The molecule has 2 N–H and O–H groups in total. The van der Waals surface area contributed by atoms with Gasteiger partial charge in [0.2, 0.25) is 5.91 Å². The van der Waals surface area contributed by atoms with Crippen LogP contribution in [0.25, 0.3) is 0 Å². The van der Waals surface area contributed by atoms with Gasteiger partial charge in [-0.25, -0.2) is 0 Å². The molecule has 4 heteroatoms. The first-order chi connectivity index (χ1) is 7.75. The molecular formula is C12H17N3O. The lowest BCUT2D eigenvalue weighted by Gasteiger charge is -2.22. The maximum absolute atomic E-state index is 11.9. The Balaban J connectivity index is 1.96. The van der Waals surface area contributed by atoms with Gasteiger partial charge in [0, 0.05) is 17.6 Å². The Morgan fingerprint density at radius 3 is 3.12 bits per heavy atom. The maximum atomic E-state index is 11.9. The lowest BCUT2D eigenvalue weighted by atomic mass is 10.0. The van der Waals surface area contributed by atoms with E-state index in [-0.39, 0.29) is 11.9 Å². The minimum Gasteiger partial charge on any atom is -0.325 e. The van der Waals surface area contributed by atoms with Crippen molar-refractivity contribution in [3.8, 4) is 0 Å². The van der Waals surface area contributed by atoms with E-state index >= 15 is 0 Å². The summed E-state index contributed by atoms with van der Waals surface area (Å²) in [5.74, 6) is 0.0605. The molecule has 2 rings (SSSR count). The maximum Gasteiger partial charge on any atom is 0.241 e. The number of aromatic nitrogens is 1. The van der Waals surface area contributed by atoms with Crippen LogP contribution in [0.3, 0.4) is 0 Å². The Labute approximate surface area is 95.5 Å². The third-order valence-electron chi connectivity index (χ3n) is 2.79. The number of nitrogens with zero attached hydrogens (tertiary/aromatic N) is 1. The number of nitrogens with one attached hydrogen (secondary N) is 2. The molecular weight excluding hydrogens is 202 g/mol. The Hall–Kier alpha value is -1.42. The van der Waals surface area contributed by atoms with Crippen molar-refractivity contribution in [3.63, 3.8) is 0 Å². The van der Waals surface area contributed by atoms with E-state index in [0.29, 0.717) is 0 Å². The highest BCUT2D eigenvalue weighted by atomic mass is 16.2. The summed E-state index contributed by atoms with van der Waals surface area (Å²) in [6.45, 7) is 2.85.